The monoisotopic (exact) mass is 485 g/mol. The number of esters is 1. The molecule has 1 aliphatic heterocycles. The number of pyridine rings is 1. The van der Waals surface area contributed by atoms with Crippen LogP contribution in [0.25, 0.3) is 22.3 Å². The van der Waals surface area contributed by atoms with E-state index in [0.717, 1.165) is 24.3 Å². The number of nitrogens with zero attached hydrogens (tertiary/aromatic N) is 4. The number of carbonyl (C=O) groups is 2. The first-order valence-corrected chi connectivity index (χ1v) is 11.8. The number of morpholine rings is 1. The number of benzene rings is 2. The van der Waals surface area contributed by atoms with E-state index in [1.165, 1.54) is 0 Å². The average molecular weight is 486 g/mol. The molecule has 0 bridgehead atoms. The van der Waals surface area contributed by atoms with Crippen LogP contribution in [0.4, 0.5) is 11.4 Å². The minimum Gasteiger partial charge on any atom is -0.452 e. The van der Waals surface area contributed by atoms with Gasteiger partial charge < -0.3 is 19.7 Å². The molecule has 3 heterocycles. The zero-order valence-corrected chi connectivity index (χ0v) is 20.2. The molecule has 1 aliphatic rings. The normalized spacial score (nSPS) is 13.6. The summed E-state index contributed by atoms with van der Waals surface area (Å²) in [6.07, 6.45) is 0. The minimum atomic E-state index is -0.603. The Morgan fingerprint density at radius 2 is 1.78 bits per heavy atom. The highest BCUT2D eigenvalue weighted by molar-refractivity contribution is 6.05. The number of nitrogens with one attached hydrogen (secondary N) is 1. The highest BCUT2D eigenvalue weighted by Crippen LogP contribution is 2.27. The number of aryl methyl sites for hydroxylation is 2. The van der Waals surface area contributed by atoms with Crippen LogP contribution >= 0.6 is 0 Å². The van der Waals surface area contributed by atoms with Crippen molar-refractivity contribution in [2.75, 3.05) is 43.1 Å². The van der Waals surface area contributed by atoms with Gasteiger partial charge in [-0.3, -0.25) is 9.48 Å². The molecule has 0 unspecified atom stereocenters. The number of ether oxygens (including phenoxy) is 2. The lowest BCUT2D eigenvalue weighted by Crippen LogP contribution is -2.36. The zero-order valence-electron chi connectivity index (χ0n) is 20.2. The van der Waals surface area contributed by atoms with Crippen LogP contribution in [0.1, 0.15) is 16.1 Å². The van der Waals surface area contributed by atoms with Crippen LogP contribution in [-0.4, -0.2) is 59.6 Å². The molecule has 0 radical (unpaired) electrons. The van der Waals surface area contributed by atoms with Gasteiger partial charge in [-0.2, -0.15) is 5.10 Å². The Bertz CT molecular complexity index is 1390. The van der Waals surface area contributed by atoms with Gasteiger partial charge in [0.05, 0.1) is 35.6 Å². The summed E-state index contributed by atoms with van der Waals surface area (Å²) in [5, 5.41) is 7.81. The molecule has 0 saturated carbocycles. The van der Waals surface area contributed by atoms with Gasteiger partial charge in [-0.25, -0.2) is 9.78 Å². The zero-order chi connectivity index (χ0) is 25.1. The SMILES string of the molecule is Cc1nn(C)c2nc(-c3ccccc3)cc(C(=O)OCC(=O)Nc3ccc(N4CCOCC4)cc3)c12. The Kier molecular flexibility index (Phi) is 6.64. The second kappa shape index (κ2) is 10.2. The van der Waals surface area contributed by atoms with Crippen LogP contribution in [0, 0.1) is 6.92 Å². The number of amides is 1. The van der Waals surface area contributed by atoms with Gasteiger partial charge in [0.2, 0.25) is 0 Å². The molecule has 2 aromatic heterocycles. The Labute approximate surface area is 208 Å². The summed E-state index contributed by atoms with van der Waals surface area (Å²) in [5.74, 6) is -1.02. The lowest BCUT2D eigenvalue weighted by atomic mass is 10.1. The van der Waals surface area contributed by atoms with E-state index in [1.54, 1.807) is 17.8 Å². The largest absolute Gasteiger partial charge is 0.452 e. The quantitative estimate of drug-likeness (QED) is 0.417. The first kappa shape index (κ1) is 23.5. The number of carbonyl (C=O) groups excluding carboxylic acids is 2. The van der Waals surface area contributed by atoms with Gasteiger partial charge in [0.15, 0.2) is 12.3 Å². The summed E-state index contributed by atoms with van der Waals surface area (Å²) in [5.41, 5.74) is 4.77. The smallest absolute Gasteiger partial charge is 0.339 e. The molecule has 0 spiro atoms. The van der Waals surface area contributed by atoms with Crippen molar-refractivity contribution in [2.45, 2.75) is 6.92 Å². The molecule has 1 fully saturated rings. The maximum absolute atomic E-state index is 13.1. The molecule has 5 rings (SSSR count). The molecule has 36 heavy (non-hydrogen) atoms. The van der Waals surface area contributed by atoms with Gasteiger partial charge in [0, 0.05) is 37.1 Å². The average Bonchev–Trinajstić information content (AvgIpc) is 3.21. The van der Waals surface area contributed by atoms with Gasteiger partial charge >= 0.3 is 5.97 Å². The highest BCUT2D eigenvalue weighted by Gasteiger charge is 2.21. The van der Waals surface area contributed by atoms with Crippen molar-refractivity contribution in [1.82, 2.24) is 14.8 Å². The molecule has 0 atom stereocenters. The van der Waals surface area contributed by atoms with E-state index in [2.05, 4.69) is 15.3 Å². The van der Waals surface area contributed by atoms with E-state index >= 15 is 0 Å². The Morgan fingerprint density at radius 1 is 1.06 bits per heavy atom. The number of hydrogen-bond acceptors (Lipinski definition) is 7. The number of rotatable bonds is 6. The summed E-state index contributed by atoms with van der Waals surface area (Å²) < 4.78 is 12.4. The van der Waals surface area contributed by atoms with E-state index in [9.17, 15) is 9.59 Å². The Balaban J connectivity index is 1.29. The van der Waals surface area contributed by atoms with Crippen molar-refractivity contribution in [3.05, 3.63) is 71.9 Å². The standard InChI is InChI=1S/C27H27N5O4/c1-18-25-22(16-23(19-6-4-3-5-7-19)29-26(25)31(2)30-18)27(34)36-17-24(33)28-20-8-10-21(11-9-20)32-12-14-35-15-13-32/h3-11,16H,12-15,17H2,1-2H3,(H,28,33). The second-order valence-corrected chi connectivity index (χ2v) is 8.60. The molecular weight excluding hydrogens is 458 g/mol. The van der Waals surface area contributed by atoms with Gasteiger partial charge in [-0.05, 0) is 37.3 Å². The maximum Gasteiger partial charge on any atom is 0.339 e. The Hall–Kier alpha value is -4.24. The molecular formula is C27H27N5O4. The first-order chi connectivity index (χ1) is 17.5. The van der Waals surface area contributed by atoms with Crippen LogP contribution in [0.15, 0.2) is 60.7 Å². The lowest BCUT2D eigenvalue weighted by molar-refractivity contribution is -0.119. The highest BCUT2D eigenvalue weighted by atomic mass is 16.5. The molecule has 184 valence electrons. The molecule has 0 aliphatic carbocycles. The number of fused-ring (bicyclic) bond motifs is 1. The van der Waals surface area contributed by atoms with E-state index in [-0.39, 0.29) is 0 Å². The van der Waals surface area contributed by atoms with Crippen molar-refractivity contribution >= 4 is 34.3 Å². The van der Waals surface area contributed by atoms with Gasteiger partial charge in [-0.1, -0.05) is 30.3 Å². The molecule has 1 amide bonds. The first-order valence-electron chi connectivity index (χ1n) is 11.8. The molecule has 4 aromatic rings. The Morgan fingerprint density at radius 3 is 2.50 bits per heavy atom. The van der Waals surface area contributed by atoms with E-state index in [4.69, 9.17) is 14.5 Å². The predicted molar refractivity (Wildman–Crippen MR) is 137 cm³/mol. The number of hydrogen-bond donors (Lipinski definition) is 1. The predicted octanol–water partition coefficient (Wildman–Crippen LogP) is 3.58. The van der Waals surface area contributed by atoms with Crippen molar-refractivity contribution in [2.24, 2.45) is 7.05 Å². The van der Waals surface area contributed by atoms with E-state index in [1.807, 2.05) is 61.5 Å². The molecule has 2 aromatic carbocycles. The van der Waals surface area contributed by atoms with Crippen LogP contribution < -0.4 is 10.2 Å². The summed E-state index contributed by atoms with van der Waals surface area (Å²) in [4.78, 5) is 32.5. The molecule has 1 saturated heterocycles. The molecule has 9 heteroatoms. The summed E-state index contributed by atoms with van der Waals surface area (Å²) in [6.45, 7) is 4.50. The third-order valence-corrected chi connectivity index (χ3v) is 6.12. The fraction of sp³-hybridized carbons (Fsp3) is 0.259. The van der Waals surface area contributed by atoms with Crippen molar-refractivity contribution in [3.63, 3.8) is 0 Å². The van der Waals surface area contributed by atoms with Crippen LogP contribution in [-0.2, 0) is 21.3 Å². The summed E-state index contributed by atoms with van der Waals surface area (Å²) in [7, 11) is 1.78. The third kappa shape index (κ3) is 4.92. The van der Waals surface area contributed by atoms with Crippen LogP contribution in [0.2, 0.25) is 0 Å². The van der Waals surface area contributed by atoms with E-state index < -0.39 is 18.5 Å². The topological polar surface area (TPSA) is 98.6 Å². The van der Waals surface area contributed by atoms with E-state index in [0.29, 0.717) is 46.9 Å². The molecule has 1 N–H and O–H groups in total. The van der Waals surface area contributed by atoms with Gasteiger partial charge in [-0.15, -0.1) is 0 Å². The number of anilines is 2. The second-order valence-electron chi connectivity index (χ2n) is 8.60. The van der Waals surface area contributed by atoms with Crippen molar-refractivity contribution in [3.8, 4) is 11.3 Å². The fourth-order valence-electron chi connectivity index (χ4n) is 4.35. The fourth-order valence-corrected chi connectivity index (χ4v) is 4.35. The summed E-state index contributed by atoms with van der Waals surface area (Å²) >= 11 is 0. The maximum atomic E-state index is 13.1. The molecule has 9 nitrogen and oxygen atoms in total. The lowest BCUT2D eigenvalue weighted by Gasteiger charge is -2.28. The third-order valence-electron chi connectivity index (χ3n) is 6.12. The number of aromatic nitrogens is 3. The van der Waals surface area contributed by atoms with Gasteiger partial charge in [0.25, 0.3) is 5.91 Å². The summed E-state index contributed by atoms with van der Waals surface area (Å²) in [6, 6.07) is 18.8. The van der Waals surface area contributed by atoms with Crippen LogP contribution in [0.5, 0.6) is 0 Å². The van der Waals surface area contributed by atoms with Crippen molar-refractivity contribution < 1.29 is 19.1 Å². The van der Waals surface area contributed by atoms with Gasteiger partial charge in [0.1, 0.15) is 0 Å². The van der Waals surface area contributed by atoms with Crippen molar-refractivity contribution in [1.29, 1.82) is 0 Å². The van der Waals surface area contributed by atoms with Crippen LogP contribution in [0.3, 0.4) is 0 Å². The minimum absolute atomic E-state index is 0.326.